The van der Waals surface area contributed by atoms with Crippen LogP contribution in [-0.4, -0.2) is 11.8 Å². The number of hydrogen-bond donors (Lipinski definition) is 2. The SMILES string of the molecule is CCCCCCCC(=O)Nc1cccc(C(=O)Nc2ccc(F)cc2)c1. The van der Waals surface area contributed by atoms with Gasteiger partial charge >= 0.3 is 0 Å². The fourth-order valence-corrected chi connectivity index (χ4v) is 2.59. The van der Waals surface area contributed by atoms with Gasteiger partial charge in [-0.25, -0.2) is 4.39 Å². The Bertz CT molecular complexity index is 729. The van der Waals surface area contributed by atoms with Gasteiger partial charge in [0, 0.05) is 23.4 Å². The zero-order valence-corrected chi connectivity index (χ0v) is 15.1. The molecule has 26 heavy (non-hydrogen) atoms. The summed E-state index contributed by atoms with van der Waals surface area (Å²) >= 11 is 0. The summed E-state index contributed by atoms with van der Waals surface area (Å²) < 4.78 is 12.9. The third-order valence-corrected chi connectivity index (χ3v) is 4.02. The second-order valence-corrected chi connectivity index (χ2v) is 6.25. The van der Waals surface area contributed by atoms with E-state index in [4.69, 9.17) is 0 Å². The maximum Gasteiger partial charge on any atom is 0.255 e. The van der Waals surface area contributed by atoms with E-state index in [0.717, 1.165) is 19.3 Å². The van der Waals surface area contributed by atoms with Gasteiger partial charge in [-0.2, -0.15) is 0 Å². The summed E-state index contributed by atoms with van der Waals surface area (Å²) in [6.07, 6.45) is 5.95. The van der Waals surface area contributed by atoms with Crippen LogP contribution in [0.1, 0.15) is 55.8 Å². The number of amides is 2. The first-order valence-electron chi connectivity index (χ1n) is 9.05. The lowest BCUT2D eigenvalue weighted by Gasteiger charge is -2.08. The van der Waals surface area contributed by atoms with E-state index in [1.54, 1.807) is 24.3 Å². The normalized spacial score (nSPS) is 10.4. The number of hydrogen-bond acceptors (Lipinski definition) is 2. The summed E-state index contributed by atoms with van der Waals surface area (Å²) in [5, 5.41) is 5.53. The second-order valence-electron chi connectivity index (χ2n) is 6.25. The molecule has 0 saturated heterocycles. The van der Waals surface area contributed by atoms with E-state index >= 15 is 0 Å². The van der Waals surface area contributed by atoms with Crippen molar-refractivity contribution in [3.05, 3.63) is 59.9 Å². The van der Waals surface area contributed by atoms with Gasteiger partial charge in [0.25, 0.3) is 5.91 Å². The summed E-state index contributed by atoms with van der Waals surface area (Å²) in [6, 6.07) is 12.3. The highest BCUT2D eigenvalue weighted by Gasteiger charge is 2.08. The van der Waals surface area contributed by atoms with E-state index in [1.165, 1.54) is 37.1 Å². The Morgan fingerprint density at radius 3 is 2.35 bits per heavy atom. The number of carbonyl (C=O) groups is 2. The van der Waals surface area contributed by atoms with E-state index in [0.29, 0.717) is 23.4 Å². The molecule has 0 atom stereocenters. The van der Waals surface area contributed by atoms with Gasteiger partial charge in [-0.3, -0.25) is 9.59 Å². The molecular formula is C21H25FN2O2. The van der Waals surface area contributed by atoms with Crippen LogP contribution in [0.25, 0.3) is 0 Å². The Kier molecular flexibility index (Phi) is 7.80. The molecule has 0 unspecified atom stereocenters. The van der Waals surface area contributed by atoms with Gasteiger partial charge in [-0.1, -0.05) is 38.7 Å². The number of benzene rings is 2. The van der Waals surface area contributed by atoms with Crippen LogP contribution in [0.4, 0.5) is 15.8 Å². The van der Waals surface area contributed by atoms with Crippen LogP contribution in [0, 0.1) is 5.82 Å². The first-order chi connectivity index (χ1) is 12.6. The highest BCUT2D eigenvalue weighted by molar-refractivity contribution is 6.05. The first kappa shape index (κ1) is 19.6. The van der Waals surface area contributed by atoms with E-state index in [9.17, 15) is 14.0 Å². The summed E-state index contributed by atoms with van der Waals surface area (Å²) in [4.78, 5) is 24.3. The third kappa shape index (κ3) is 6.67. The summed E-state index contributed by atoms with van der Waals surface area (Å²) in [5.74, 6) is -0.715. The molecule has 0 aromatic heterocycles. The Morgan fingerprint density at radius 2 is 1.62 bits per heavy atom. The molecular weight excluding hydrogens is 331 g/mol. The Balaban J connectivity index is 1.87. The summed E-state index contributed by atoms with van der Waals surface area (Å²) in [5.41, 5.74) is 1.53. The lowest BCUT2D eigenvalue weighted by Crippen LogP contribution is -2.14. The van der Waals surface area contributed by atoms with Crippen LogP contribution in [0.2, 0.25) is 0 Å². The molecule has 5 heteroatoms. The van der Waals surface area contributed by atoms with Crippen molar-refractivity contribution >= 4 is 23.2 Å². The molecule has 138 valence electrons. The van der Waals surface area contributed by atoms with Gasteiger partial charge in [-0.05, 0) is 48.9 Å². The quantitative estimate of drug-likeness (QED) is 0.593. The molecule has 0 saturated carbocycles. The van der Waals surface area contributed by atoms with Gasteiger partial charge in [0.05, 0.1) is 0 Å². The number of carbonyl (C=O) groups excluding carboxylic acids is 2. The minimum Gasteiger partial charge on any atom is -0.326 e. The van der Waals surface area contributed by atoms with E-state index < -0.39 is 0 Å². The molecule has 0 aliphatic heterocycles. The average Bonchev–Trinajstić information content (AvgIpc) is 2.63. The Labute approximate surface area is 153 Å². The number of rotatable bonds is 9. The minimum atomic E-state index is -0.359. The molecule has 0 radical (unpaired) electrons. The van der Waals surface area contributed by atoms with Gasteiger partial charge in [0.1, 0.15) is 5.82 Å². The maximum absolute atomic E-state index is 12.9. The van der Waals surface area contributed by atoms with Crippen molar-refractivity contribution in [2.24, 2.45) is 0 Å². The fraction of sp³-hybridized carbons (Fsp3) is 0.333. The van der Waals surface area contributed by atoms with Crippen LogP contribution in [-0.2, 0) is 4.79 Å². The van der Waals surface area contributed by atoms with Gasteiger partial charge in [0.2, 0.25) is 5.91 Å². The van der Waals surface area contributed by atoms with Crippen molar-refractivity contribution < 1.29 is 14.0 Å². The van der Waals surface area contributed by atoms with Crippen molar-refractivity contribution in [3.63, 3.8) is 0 Å². The smallest absolute Gasteiger partial charge is 0.255 e. The van der Waals surface area contributed by atoms with Crippen molar-refractivity contribution in [2.45, 2.75) is 45.4 Å². The number of nitrogens with one attached hydrogen (secondary N) is 2. The molecule has 2 amide bonds. The van der Waals surface area contributed by atoms with E-state index in [1.807, 2.05) is 0 Å². The minimum absolute atomic E-state index is 0.0439. The van der Waals surface area contributed by atoms with Crippen molar-refractivity contribution in [2.75, 3.05) is 10.6 Å². The number of anilines is 2. The Morgan fingerprint density at radius 1 is 0.885 bits per heavy atom. The lowest BCUT2D eigenvalue weighted by atomic mass is 10.1. The van der Waals surface area contributed by atoms with E-state index in [2.05, 4.69) is 17.6 Å². The highest BCUT2D eigenvalue weighted by Crippen LogP contribution is 2.15. The third-order valence-electron chi connectivity index (χ3n) is 4.02. The largest absolute Gasteiger partial charge is 0.326 e. The molecule has 2 aromatic rings. The standard InChI is InChI=1S/C21H25FN2O2/c1-2-3-4-5-6-10-20(25)23-19-9-7-8-16(15-19)21(26)24-18-13-11-17(22)12-14-18/h7-9,11-15H,2-6,10H2,1H3,(H,23,25)(H,24,26). The number of unbranched alkanes of at least 4 members (excludes halogenated alkanes) is 4. The monoisotopic (exact) mass is 356 g/mol. The predicted molar refractivity (Wildman–Crippen MR) is 103 cm³/mol. The van der Waals surface area contributed by atoms with Gasteiger partial charge in [-0.15, -0.1) is 0 Å². The molecule has 0 fully saturated rings. The molecule has 2 aromatic carbocycles. The van der Waals surface area contributed by atoms with Crippen LogP contribution in [0.15, 0.2) is 48.5 Å². The molecule has 0 aliphatic rings. The van der Waals surface area contributed by atoms with Crippen molar-refractivity contribution in [3.8, 4) is 0 Å². The topological polar surface area (TPSA) is 58.2 Å². The average molecular weight is 356 g/mol. The molecule has 2 N–H and O–H groups in total. The van der Waals surface area contributed by atoms with Crippen LogP contribution >= 0.6 is 0 Å². The van der Waals surface area contributed by atoms with Gasteiger partial charge in [0.15, 0.2) is 0 Å². The molecule has 4 nitrogen and oxygen atoms in total. The van der Waals surface area contributed by atoms with Crippen LogP contribution < -0.4 is 10.6 Å². The fourth-order valence-electron chi connectivity index (χ4n) is 2.59. The molecule has 0 heterocycles. The second kappa shape index (κ2) is 10.3. The molecule has 0 spiro atoms. The van der Waals surface area contributed by atoms with Crippen molar-refractivity contribution in [1.82, 2.24) is 0 Å². The summed E-state index contributed by atoms with van der Waals surface area (Å²) in [7, 11) is 0. The first-order valence-corrected chi connectivity index (χ1v) is 9.05. The molecule has 2 rings (SSSR count). The zero-order valence-electron chi connectivity index (χ0n) is 15.1. The zero-order chi connectivity index (χ0) is 18.8. The molecule has 0 bridgehead atoms. The van der Waals surface area contributed by atoms with Crippen LogP contribution in [0.5, 0.6) is 0 Å². The van der Waals surface area contributed by atoms with Crippen LogP contribution in [0.3, 0.4) is 0 Å². The van der Waals surface area contributed by atoms with Crippen molar-refractivity contribution in [1.29, 1.82) is 0 Å². The van der Waals surface area contributed by atoms with Gasteiger partial charge < -0.3 is 10.6 Å². The predicted octanol–water partition coefficient (Wildman–Crippen LogP) is 5.38. The number of halogens is 1. The maximum atomic E-state index is 12.9. The highest BCUT2D eigenvalue weighted by atomic mass is 19.1. The van der Waals surface area contributed by atoms with E-state index in [-0.39, 0.29) is 17.6 Å². The molecule has 0 aliphatic carbocycles. The Hall–Kier alpha value is -2.69. The summed E-state index contributed by atoms with van der Waals surface area (Å²) in [6.45, 7) is 2.16. The lowest BCUT2D eigenvalue weighted by molar-refractivity contribution is -0.116.